The van der Waals surface area contributed by atoms with Crippen molar-refractivity contribution in [2.24, 2.45) is 5.16 Å². The Morgan fingerprint density at radius 3 is 2.55 bits per heavy atom. The van der Waals surface area contributed by atoms with Gasteiger partial charge in [-0.05, 0) is 30.3 Å². The van der Waals surface area contributed by atoms with Crippen molar-refractivity contribution in [3.05, 3.63) is 59.7 Å². The van der Waals surface area contributed by atoms with E-state index in [1.807, 2.05) is 6.07 Å². The van der Waals surface area contributed by atoms with Crippen LogP contribution in [-0.4, -0.2) is 24.5 Å². The summed E-state index contributed by atoms with van der Waals surface area (Å²) in [6.45, 7) is 0. The van der Waals surface area contributed by atoms with Crippen LogP contribution in [-0.2, 0) is 0 Å². The fourth-order valence-electron chi connectivity index (χ4n) is 1.65. The zero-order valence-corrected chi connectivity index (χ0v) is 10.8. The minimum Gasteiger partial charge on any atom is -0.493 e. The van der Waals surface area contributed by atoms with E-state index in [0.717, 1.165) is 0 Å². The molecule has 0 saturated carbocycles. The number of carbonyl (C=O) groups is 1. The van der Waals surface area contributed by atoms with E-state index in [9.17, 15) is 4.79 Å². The van der Waals surface area contributed by atoms with Crippen LogP contribution in [0, 0.1) is 0 Å². The first-order valence-corrected chi connectivity index (χ1v) is 5.87. The van der Waals surface area contributed by atoms with Crippen molar-refractivity contribution in [1.29, 1.82) is 0 Å². The molecule has 0 atom stereocenters. The first-order chi connectivity index (χ1) is 9.74. The summed E-state index contributed by atoms with van der Waals surface area (Å²) < 4.78 is 10.4. The van der Waals surface area contributed by atoms with Gasteiger partial charge < -0.3 is 14.7 Å². The predicted molar refractivity (Wildman–Crippen MR) is 73.8 cm³/mol. The van der Waals surface area contributed by atoms with Gasteiger partial charge in [-0.1, -0.05) is 23.4 Å². The maximum Gasteiger partial charge on any atom is 0.343 e. The Balaban J connectivity index is 2.23. The third kappa shape index (κ3) is 3.14. The third-order valence-corrected chi connectivity index (χ3v) is 2.61. The maximum absolute atomic E-state index is 11.9. The lowest BCUT2D eigenvalue weighted by atomic mass is 10.2. The van der Waals surface area contributed by atoms with Crippen LogP contribution in [0.4, 0.5) is 0 Å². The molecule has 0 spiro atoms. The van der Waals surface area contributed by atoms with Crippen molar-refractivity contribution in [3.8, 4) is 11.5 Å². The lowest BCUT2D eigenvalue weighted by Gasteiger charge is -2.09. The third-order valence-electron chi connectivity index (χ3n) is 2.61. The number of hydrogen-bond donors (Lipinski definition) is 1. The minimum atomic E-state index is -0.465. The normalized spacial score (nSPS) is 10.4. The fourth-order valence-corrected chi connectivity index (χ4v) is 1.65. The van der Waals surface area contributed by atoms with Gasteiger partial charge in [0.25, 0.3) is 0 Å². The van der Waals surface area contributed by atoms with Crippen molar-refractivity contribution in [1.82, 2.24) is 0 Å². The second kappa shape index (κ2) is 6.38. The van der Waals surface area contributed by atoms with E-state index >= 15 is 0 Å². The van der Waals surface area contributed by atoms with Crippen LogP contribution in [0.25, 0.3) is 0 Å². The van der Waals surface area contributed by atoms with Gasteiger partial charge in [-0.2, -0.15) is 0 Å². The largest absolute Gasteiger partial charge is 0.493 e. The van der Waals surface area contributed by atoms with Gasteiger partial charge in [-0.3, -0.25) is 0 Å². The molecule has 2 aromatic rings. The summed E-state index contributed by atoms with van der Waals surface area (Å²) in [6.07, 6.45) is 1.26. The summed E-state index contributed by atoms with van der Waals surface area (Å²) in [5.41, 5.74) is 1.08. The Labute approximate surface area is 116 Å². The smallest absolute Gasteiger partial charge is 0.343 e. The average molecular weight is 271 g/mol. The maximum atomic E-state index is 11.9. The van der Waals surface area contributed by atoms with Crippen LogP contribution >= 0.6 is 0 Å². The summed E-state index contributed by atoms with van der Waals surface area (Å²) in [5, 5.41) is 11.4. The summed E-state index contributed by atoms with van der Waals surface area (Å²) in [6, 6.07) is 13.5. The number of nitrogens with zero attached hydrogens (tertiary/aromatic N) is 1. The second-order valence-electron chi connectivity index (χ2n) is 3.91. The summed E-state index contributed by atoms with van der Waals surface area (Å²) >= 11 is 0. The molecular formula is C15H13NO4. The molecule has 0 aliphatic heterocycles. The van der Waals surface area contributed by atoms with Gasteiger partial charge in [-0.25, -0.2) is 4.79 Å². The molecule has 1 N–H and O–H groups in total. The standard InChI is InChI=1S/C15H13NO4/c1-19-14-9-11(10-16-18)7-8-13(14)20-15(17)12-5-3-2-4-6-12/h2-10,18H,1H3. The number of methoxy groups -OCH3 is 1. The highest BCUT2D eigenvalue weighted by Crippen LogP contribution is 2.28. The Kier molecular flexibility index (Phi) is 4.34. The van der Waals surface area contributed by atoms with Crippen molar-refractivity contribution in [2.75, 3.05) is 7.11 Å². The Morgan fingerprint density at radius 1 is 1.15 bits per heavy atom. The lowest BCUT2D eigenvalue weighted by Crippen LogP contribution is -2.09. The van der Waals surface area contributed by atoms with Crippen LogP contribution < -0.4 is 9.47 Å². The van der Waals surface area contributed by atoms with Crippen molar-refractivity contribution in [2.45, 2.75) is 0 Å². The molecule has 0 amide bonds. The molecule has 0 aliphatic rings. The van der Waals surface area contributed by atoms with E-state index < -0.39 is 5.97 Å². The highest BCUT2D eigenvalue weighted by molar-refractivity contribution is 5.91. The number of ether oxygens (including phenoxy) is 2. The molecule has 2 rings (SSSR count). The number of oxime groups is 1. The molecule has 2 aromatic carbocycles. The summed E-state index contributed by atoms with van der Waals surface area (Å²) in [5.74, 6) is 0.218. The van der Waals surface area contributed by atoms with Gasteiger partial charge >= 0.3 is 5.97 Å². The monoisotopic (exact) mass is 271 g/mol. The second-order valence-corrected chi connectivity index (χ2v) is 3.91. The zero-order valence-electron chi connectivity index (χ0n) is 10.8. The predicted octanol–water partition coefficient (Wildman–Crippen LogP) is 2.72. The minimum absolute atomic E-state index is 0.302. The van der Waals surface area contributed by atoms with Gasteiger partial charge in [0.15, 0.2) is 11.5 Å². The average Bonchev–Trinajstić information content (AvgIpc) is 2.50. The molecule has 20 heavy (non-hydrogen) atoms. The first-order valence-electron chi connectivity index (χ1n) is 5.87. The van der Waals surface area contributed by atoms with Gasteiger partial charge in [0.05, 0.1) is 18.9 Å². The summed E-state index contributed by atoms with van der Waals surface area (Å²) in [7, 11) is 1.47. The van der Waals surface area contributed by atoms with E-state index in [1.165, 1.54) is 13.3 Å². The lowest BCUT2D eigenvalue weighted by molar-refractivity contribution is 0.0729. The van der Waals surface area contributed by atoms with Gasteiger partial charge in [0, 0.05) is 5.56 Å². The van der Waals surface area contributed by atoms with Crippen molar-refractivity contribution >= 4 is 12.2 Å². The Morgan fingerprint density at radius 2 is 1.90 bits per heavy atom. The molecule has 0 aromatic heterocycles. The Hall–Kier alpha value is -2.82. The van der Waals surface area contributed by atoms with Crippen LogP contribution in [0.1, 0.15) is 15.9 Å². The molecule has 0 unspecified atom stereocenters. The van der Waals surface area contributed by atoms with Crippen LogP contribution in [0.3, 0.4) is 0 Å². The zero-order chi connectivity index (χ0) is 14.4. The van der Waals surface area contributed by atoms with Crippen LogP contribution in [0.2, 0.25) is 0 Å². The molecule has 5 nitrogen and oxygen atoms in total. The first kappa shape index (κ1) is 13.6. The SMILES string of the molecule is COc1cc(C=NO)ccc1OC(=O)c1ccccc1. The van der Waals surface area contributed by atoms with E-state index in [0.29, 0.717) is 22.6 Å². The van der Waals surface area contributed by atoms with Crippen molar-refractivity contribution < 1.29 is 19.5 Å². The highest BCUT2D eigenvalue weighted by Gasteiger charge is 2.12. The quantitative estimate of drug-likeness (QED) is 0.305. The molecule has 5 heteroatoms. The van der Waals surface area contributed by atoms with Gasteiger partial charge in [0.2, 0.25) is 0 Å². The van der Waals surface area contributed by atoms with Crippen LogP contribution in [0.5, 0.6) is 11.5 Å². The topological polar surface area (TPSA) is 68.1 Å². The Bertz CT molecular complexity index is 623. The molecule has 0 radical (unpaired) electrons. The highest BCUT2D eigenvalue weighted by atomic mass is 16.6. The number of benzene rings is 2. The van der Waals surface area contributed by atoms with Gasteiger partial charge in [-0.15, -0.1) is 0 Å². The van der Waals surface area contributed by atoms with E-state index in [1.54, 1.807) is 42.5 Å². The van der Waals surface area contributed by atoms with E-state index in [2.05, 4.69) is 5.16 Å². The molecule has 0 aliphatic carbocycles. The molecule has 0 heterocycles. The molecule has 0 saturated heterocycles. The van der Waals surface area contributed by atoms with Crippen LogP contribution in [0.15, 0.2) is 53.7 Å². The molecule has 0 fully saturated rings. The number of esters is 1. The summed E-state index contributed by atoms with van der Waals surface area (Å²) in [4.78, 5) is 11.9. The molecular weight excluding hydrogens is 258 g/mol. The molecule has 0 bridgehead atoms. The van der Waals surface area contributed by atoms with Gasteiger partial charge in [0.1, 0.15) is 0 Å². The molecule has 102 valence electrons. The van der Waals surface area contributed by atoms with E-state index in [-0.39, 0.29) is 0 Å². The fraction of sp³-hybridized carbons (Fsp3) is 0.0667. The number of carbonyl (C=O) groups excluding carboxylic acids is 1. The van der Waals surface area contributed by atoms with Crippen molar-refractivity contribution in [3.63, 3.8) is 0 Å². The number of rotatable bonds is 4. The van der Waals surface area contributed by atoms with E-state index in [4.69, 9.17) is 14.7 Å². The number of hydrogen-bond acceptors (Lipinski definition) is 5.